The fourth-order valence-electron chi connectivity index (χ4n) is 2.25. The Kier molecular flexibility index (Phi) is 4.28. The Labute approximate surface area is 104 Å². The van der Waals surface area contributed by atoms with Crippen LogP contribution in [0.5, 0.6) is 0 Å². The summed E-state index contributed by atoms with van der Waals surface area (Å²) in [5.41, 5.74) is 0. The van der Waals surface area contributed by atoms with Crippen molar-refractivity contribution in [2.24, 2.45) is 5.92 Å². The fraction of sp³-hybridized carbons (Fsp3) is 0.818. The molecule has 2 saturated heterocycles. The maximum absolute atomic E-state index is 12.3. The second-order valence-electron chi connectivity index (χ2n) is 4.35. The lowest BCUT2D eigenvalue weighted by Crippen LogP contribution is -2.52. The molecule has 0 saturated carbocycles. The summed E-state index contributed by atoms with van der Waals surface area (Å²) in [6, 6.07) is -0.649. The summed E-state index contributed by atoms with van der Waals surface area (Å²) in [5, 5.41) is 9.12. The zero-order chi connectivity index (χ0) is 12.3. The SMILES string of the molecule is O=C(O)C1CSCCN1C(=O)C1CCOCC1. The second kappa shape index (κ2) is 5.73. The van der Waals surface area contributed by atoms with Crippen LogP contribution in [0.15, 0.2) is 0 Å². The Hall–Kier alpha value is -0.750. The van der Waals surface area contributed by atoms with Gasteiger partial charge >= 0.3 is 5.97 Å². The van der Waals surface area contributed by atoms with Gasteiger partial charge in [-0.05, 0) is 12.8 Å². The van der Waals surface area contributed by atoms with Gasteiger partial charge in [0.15, 0.2) is 0 Å². The van der Waals surface area contributed by atoms with Crippen LogP contribution in [-0.2, 0) is 14.3 Å². The van der Waals surface area contributed by atoms with Gasteiger partial charge in [0.2, 0.25) is 5.91 Å². The third-order valence-electron chi connectivity index (χ3n) is 3.27. The van der Waals surface area contributed by atoms with Crippen LogP contribution >= 0.6 is 11.8 Å². The van der Waals surface area contributed by atoms with Crippen LogP contribution in [0.3, 0.4) is 0 Å². The van der Waals surface area contributed by atoms with Gasteiger partial charge in [-0.25, -0.2) is 4.79 Å². The van der Waals surface area contributed by atoms with E-state index in [1.165, 1.54) is 0 Å². The van der Waals surface area contributed by atoms with Crippen molar-refractivity contribution in [3.8, 4) is 0 Å². The van der Waals surface area contributed by atoms with Crippen LogP contribution in [0.2, 0.25) is 0 Å². The lowest BCUT2D eigenvalue weighted by Gasteiger charge is -2.36. The molecule has 5 nitrogen and oxygen atoms in total. The molecule has 0 aromatic heterocycles. The predicted molar refractivity (Wildman–Crippen MR) is 64.0 cm³/mol. The molecule has 6 heteroatoms. The molecule has 2 aliphatic heterocycles. The maximum atomic E-state index is 12.3. The standard InChI is InChI=1S/C11H17NO4S/c13-10(8-1-4-16-5-2-8)12-3-6-17-7-9(12)11(14)15/h8-9H,1-7H2,(H,14,15). The minimum Gasteiger partial charge on any atom is -0.480 e. The molecule has 0 radical (unpaired) electrons. The third kappa shape index (κ3) is 2.93. The van der Waals surface area contributed by atoms with E-state index in [9.17, 15) is 9.59 Å². The first kappa shape index (κ1) is 12.7. The van der Waals surface area contributed by atoms with Crippen LogP contribution in [0, 0.1) is 5.92 Å². The van der Waals surface area contributed by atoms with E-state index in [2.05, 4.69) is 0 Å². The highest BCUT2D eigenvalue weighted by molar-refractivity contribution is 7.99. The van der Waals surface area contributed by atoms with E-state index in [1.54, 1.807) is 16.7 Å². The van der Waals surface area contributed by atoms with Crippen LogP contribution in [0.1, 0.15) is 12.8 Å². The topological polar surface area (TPSA) is 66.8 Å². The monoisotopic (exact) mass is 259 g/mol. The van der Waals surface area contributed by atoms with Gasteiger partial charge in [-0.15, -0.1) is 0 Å². The highest BCUT2D eigenvalue weighted by atomic mass is 32.2. The molecule has 2 rings (SSSR count). The van der Waals surface area contributed by atoms with E-state index in [0.29, 0.717) is 25.5 Å². The first-order chi connectivity index (χ1) is 8.20. The quantitative estimate of drug-likeness (QED) is 0.779. The molecule has 0 bridgehead atoms. The van der Waals surface area contributed by atoms with Gasteiger partial charge in [0.05, 0.1) is 0 Å². The van der Waals surface area contributed by atoms with E-state index in [0.717, 1.165) is 18.6 Å². The number of carbonyl (C=O) groups excluding carboxylic acids is 1. The summed E-state index contributed by atoms with van der Waals surface area (Å²) >= 11 is 1.60. The van der Waals surface area contributed by atoms with Crippen LogP contribution in [-0.4, -0.2) is 59.2 Å². The van der Waals surface area contributed by atoms with Gasteiger partial charge in [-0.2, -0.15) is 11.8 Å². The van der Waals surface area contributed by atoms with Crippen molar-refractivity contribution in [2.75, 3.05) is 31.3 Å². The number of ether oxygens (including phenoxy) is 1. The lowest BCUT2D eigenvalue weighted by atomic mass is 9.98. The number of carboxylic acid groups (broad SMARTS) is 1. The first-order valence-corrected chi connectivity index (χ1v) is 7.04. The van der Waals surface area contributed by atoms with E-state index in [-0.39, 0.29) is 11.8 Å². The molecule has 17 heavy (non-hydrogen) atoms. The Bertz CT molecular complexity index is 304. The molecule has 0 aromatic carbocycles. The Morgan fingerprint density at radius 2 is 2.00 bits per heavy atom. The van der Waals surface area contributed by atoms with Crippen LogP contribution in [0.25, 0.3) is 0 Å². The van der Waals surface area contributed by atoms with Crippen molar-refractivity contribution in [1.29, 1.82) is 0 Å². The summed E-state index contributed by atoms with van der Waals surface area (Å²) in [4.78, 5) is 24.9. The smallest absolute Gasteiger partial charge is 0.327 e. The van der Waals surface area contributed by atoms with Crippen LogP contribution < -0.4 is 0 Å². The number of hydrogen-bond donors (Lipinski definition) is 1. The summed E-state index contributed by atoms with van der Waals surface area (Å²) in [6.45, 7) is 1.77. The van der Waals surface area contributed by atoms with Crippen molar-refractivity contribution in [3.63, 3.8) is 0 Å². The van der Waals surface area contributed by atoms with Gasteiger partial charge < -0.3 is 14.7 Å². The number of carbonyl (C=O) groups is 2. The fourth-order valence-corrected chi connectivity index (χ4v) is 3.29. The Morgan fingerprint density at radius 3 is 2.65 bits per heavy atom. The average Bonchev–Trinajstić information content (AvgIpc) is 2.39. The van der Waals surface area contributed by atoms with Crippen molar-refractivity contribution in [2.45, 2.75) is 18.9 Å². The molecule has 0 spiro atoms. The Balaban J connectivity index is 2.02. The van der Waals surface area contributed by atoms with Gasteiger partial charge in [-0.1, -0.05) is 0 Å². The van der Waals surface area contributed by atoms with Crippen molar-refractivity contribution < 1.29 is 19.4 Å². The molecule has 1 N–H and O–H groups in total. The highest BCUT2D eigenvalue weighted by Gasteiger charge is 2.36. The van der Waals surface area contributed by atoms with E-state index >= 15 is 0 Å². The molecule has 2 heterocycles. The lowest BCUT2D eigenvalue weighted by molar-refractivity contribution is -0.152. The van der Waals surface area contributed by atoms with Gasteiger partial charge in [0.1, 0.15) is 6.04 Å². The number of rotatable bonds is 2. The van der Waals surface area contributed by atoms with E-state index in [1.807, 2.05) is 0 Å². The average molecular weight is 259 g/mol. The molecular formula is C11H17NO4S. The highest BCUT2D eigenvalue weighted by Crippen LogP contribution is 2.23. The number of nitrogens with zero attached hydrogens (tertiary/aromatic N) is 1. The van der Waals surface area contributed by atoms with E-state index < -0.39 is 12.0 Å². The normalized spacial score (nSPS) is 26.8. The molecule has 96 valence electrons. The van der Waals surface area contributed by atoms with Crippen molar-refractivity contribution in [1.82, 2.24) is 4.90 Å². The summed E-state index contributed by atoms with van der Waals surface area (Å²) in [6.07, 6.45) is 1.43. The second-order valence-corrected chi connectivity index (χ2v) is 5.50. The number of carboxylic acids is 1. The molecular weight excluding hydrogens is 242 g/mol. The number of thioether (sulfide) groups is 1. The van der Waals surface area contributed by atoms with Gasteiger partial charge in [0.25, 0.3) is 0 Å². The number of aliphatic carboxylic acids is 1. The minimum absolute atomic E-state index is 0.000926. The number of amides is 1. The maximum Gasteiger partial charge on any atom is 0.327 e. The van der Waals surface area contributed by atoms with Crippen molar-refractivity contribution >= 4 is 23.6 Å². The summed E-state index contributed by atoms with van der Waals surface area (Å²) < 4.78 is 5.22. The molecule has 1 unspecified atom stereocenters. The van der Waals surface area contributed by atoms with Gasteiger partial charge in [-0.3, -0.25) is 4.79 Å². The van der Waals surface area contributed by atoms with Crippen molar-refractivity contribution in [3.05, 3.63) is 0 Å². The predicted octanol–water partition coefficient (Wildman–Crippen LogP) is 0.442. The summed E-state index contributed by atoms with van der Waals surface area (Å²) in [5.74, 6) is 0.399. The molecule has 0 aromatic rings. The zero-order valence-corrected chi connectivity index (χ0v) is 10.4. The molecule has 1 atom stereocenters. The molecule has 0 aliphatic carbocycles. The van der Waals surface area contributed by atoms with Crippen LogP contribution in [0.4, 0.5) is 0 Å². The molecule has 2 fully saturated rings. The molecule has 1 amide bonds. The number of hydrogen-bond acceptors (Lipinski definition) is 4. The third-order valence-corrected chi connectivity index (χ3v) is 4.29. The van der Waals surface area contributed by atoms with E-state index in [4.69, 9.17) is 9.84 Å². The molecule has 2 aliphatic rings. The van der Waals surface area contributed by atoms with Gasteiger partial charge in [0, 0.05) is 37.2 Å². The first-order valence-electron chi connectivity index (χ1n) is 5.89. The summed E-state index contributed by atoms with van der Waals surface area (Å²) in [7, 11) is 0. The Morgan fingerprint density at radius 1 is 1.29 bits per heavy atom. The largest absolute Gasteiger partial charge is 0.480 e. The zero-order valence-electron chi connectivity index (χ0n) is 9.63. The minimum atomic E-state index is -0.891.